The highest BCUT2D eigenvalue weighted by molar-refractivity contribution is 4.30. The second kappa shape index (κ2) is 4.63. The molecular formula is C6H19N5. The Morgan fingerprint density at radius 1 is 0.636 bits per heavy atom. The molecule has 0 atom stereocenters. The summed E-state index contributed by atoms with van der Waals surface area (Å²) in [6.45, 7) is 0. The summed E-state index contributed by atoms with van der Waals surface area (Å²) in [6.07, 6.45) is 0. The fourth-order valence-electron chi connectivity index (χ4n) is 0.388. The largest absolute Gasteiger partial charge is 0.233 e. The van der Waals surface area contributed by atoms with Crippen molar-refractivity contribution in [3.05, 3.63) is 0 Å². The summed E-state index contributed by atoms with van der Waals surface area (Å²) in [6, 6.07) is 0. The van der Waals surface area contributed by atoms with Gasteiger partial charge in [0.25, 0.3) is 0 Å². The quantitative estimate of drug-likeness (QED) is 0.546. The van der Waals surface area contributed by atoms with Gasteiger partial charge in [-0.05, 0) is 0 Å². The van der Waals surface area contributed by atoms with Gasteiger partial charge in [-0.25, -0.2) is 10.0 Å². The van der Waals surface area contributed by atoms with E-state index in [0.29, 0.717) is 0 Å². The van der Waals surface area contributed by atoms with Gasteiger partial charge < -0.3 is 0 Å². The van der Waals surface area contributed by atoms with Gasteiger partial charge in [0.05, 0.1) is 0 Å². The first kappa shape index (κ1) is 10.8. The standard InChI is InChI=1S/C6H19N5/c1-8(2)10(5)7-11(6)9(3)4/h7H,1-6H3. The first-order chi connectivity index (χ1) is 4.95. The van der Waals surface area contributed by atoms with E-state index in [1.807, 2.05) is 62.5 Å². The SMILES string of the molecule is CN(C)N(C)NN(C)N(C)C. The zero-order chi connectivity index (χ0) is 9.02. The maximum absolute atomic E-state index is 3.10. The highest BCUT2D eigenvalue weighted by Crippen LogP contribution is 1.83. The van der Waals surface area contributed by atoms with Crippen molar-refractivity contribution in [2.24, 2.45) is 0 Å². The lowest BCUT2D eigenvalue weighted by molar-refractivity contribution is -0.142. The summed E-state index contributed by atoms with van der Waals surface area (Å²) in [5.41, 5.74) is 3.10. The van der Waals surface area contributed by atoms with E-state index < -0.39 is 0 Å². The average Bonchev–Trinajstić information content (AvgIpc) is 1.87. The molecular weight excluding hydrogens is 142 g/mol. The van der Waals surface area contributed by atoms with E-state index in [1.165, 1.54) is 0 Å². The normalized spacial score (nSPS) is 12.5. The van der Waals surface area contributed by atoms with E-state index >= 15 is 0 Å². The van der Waals surface area contributed by atoms with Gasteiger partial charge in [0, 0.05) is 42.3 Å². The zero-order valence-electron chi connectivity index (χ0n) is 8.29. The third kappa shape index (κ3) is 4.28. The number of nitrogens with zero attached hydrogens (tertiary/aromatic N) is 4. The average molecular weight is 161 g/mol. The summed E-state index contributed by atoms with van der Waals surface area (Å²) in [4.78, 5) is 0. The molecule has 11 heavy (non-hydrogen) atoms. The molecule has 0 saturated heterocycles. The molecule has 68 valence electrons. The molecule has 0 aromatic rings. The smallest absolute Gasteiger partial charge is 0.0190 e. The third-order valence-electron chi connectivity index (χ3n) is 1.49. The molecule has 0 aliphatic heterocycles. The highest BCUT2D eigenvalue weighted by Gasteiger charge is 2.04. The summed E-state index contributed by atoms with van der Waals surface area (Å²) < 4.78 is 0. The van der Waals surface area contributed by atoms with Crippen LogP contribution in [0.4, 0.5) is 0 Å². The van der Waals surface area contributed by atoms with E-state index in [-0.39, 0.29) is 0 Å². The van der Waals surface area contributed by atoms with Crippen LogP contribution in [-0.2, 0) is 0 Å². The van der Waals surface area contributed by atoms with Crippen molar-refractivity contribution in [1.29, 1.82) is 0 Å². The molecule has 0 aliphatic carbocycles. The highest BCUT2D eigenvalue weighted by atomic mass is 16.0. The Bertz CT molecular complexity index is 91.1. The van der Waals surface area contributed by atoms with Gasteiger partial charge in [0.15, 0.2) is 0 Å². The van der Waals surface area contributed by atoms with Crippen molar-refractivity contribution in [2.75, 3.05) is 42.3 Å². The summed E-state index contributed by atoms with van der Waals surface area (Å²) in [5.74, 6) is 0. The van der Waals surface area contributed by atoms with E-state index in [1.54, 1.807) is 0 Å². The molecule has 0 fully saturated rings. The molecule has 0 spiro atoms. The van der Waals surface area contributed by atoms with Crippen LogP contribution < -0.4 is 5.53 Å². The lowest BCUT2D eigenvalue weighted by Crippen LogP contribution is -2.55. The lowest BCUT2D eigenvalue weighted by atomic mass is 11.1. The molecule has 0 aliphatic rings. The number of hydrogen-bond donors (Lipinski definition) is 1. The van der Waals surface area contributed by atoms with E-state index in [2.05, 4.69) is 5.53 Å². The number of rotatable bonds is 4. The van der Waals surface area contributed by atoms with Crippen LogP contribution in [0.2, 0.25) is 0 Å². The molecule has 0 heterocycles. The van der Waals surface area contributed by atoms with Crippen molar-refractivity contribution in [1.82, 2.24) is 25.8 Å². The van der Waals surface area contributed by atoms with Gasteiger partial charge in [-0.2, -0.15) is 15.8 Å². The third-order valence-corrected chi connectivity index (χ3v) is 1.49. The Labute approximate surface area is 69.0 Å². The number of hydrazine groups is 4. The summed E-state index contributed by atoms with van der Waals surface area (Å²) >= 11 is 0. The van der Waals surface area contributed by atoms with Crippen molar-refractivity contribution >= 4 is 0 Å². The van der Waals surface area contributed by atoms with Crippen LogP contribution in [0.25, 0.3) is 0 Å². The number of nitrogens with one attached hydrogen (secondary N) is 1. The maximum atomic E-state index is 3.10. The first-order valence-electron chi connectivity index (χ1n) is 3.53. The summed E-state index contributed by atoms with van der Waals surface area (Å²) in [5, 5.41) is 7.64. The molecule has 0 unspecified atom stereocenters. The molecule has 5 heteroatoms. The second-order valence-electron chi connectivity index (χ2n) is 2.84. The molecule has 0 rings (SSSR count). The van der Waals surface area contributed by atoms with Gasteiger partial charge in [-0.3, -0.25) is 0 Å². The minimum absolute atomic E-state index is 1.88. The minimum atomic E-state index is 1.88. The van der Waals surface area contributed by atoms with Gasteiger partial charge in [0.2, 0.25) is 0 Å². The van der Waals surface area contributed by atoms with Crippen molar-refractivity contribution < 1.29 is 0 Å². The fourth-order valence-corrected chi connectivity index (χ4v) is 0.388. The summed E-state index contributed by atoms with van der Waals surface area (Å²) in [7, 11) is 11.8. The zero-order valence-corrected chi connectivity index (χ0v) is 8.29. The van der Waals surface area contributed by atoms with Crippen molar-refractivity contribution in [2.45, 2.75) is 0 Å². The maximum Gasteiger partial charge on any atom is 0.0190 e. The van der Waals surface area contributed by atoms with Gasteiger partial charge >= 0.3 is 0 Å². The van der Waals surface area contributed by atoms with Crippen molar-refractivity contribution in [3.63, 3.8) is 0 Å². The fraction of sp³-hybridized carbons (Fsp3) is 1.00. The Morgan fingerprint density at radius 2 is 0.909 bits per heavy atom. The van der Waals surface area contributed by atoms with Crippen LogP contribution in [0.15, 0.2) is 0 Å². The Balaban J connectivity index is 3.66. The minimum Gasteiger partial charge on any atom is -0.233 e. The molecule has 0 aromatic carbocycles. The van der Waals surface area contributed by atoms with Gasteiger partial charge in [-0.1, -0.05) is 0 Å². The predicted molar refractivity (Wildman–Crippen MR) is 46.0 cm³/mol. The molecule has 1 N–H and O–H groups in total. The van der Waals surface area contributed by atoms with E-state index in [0.717, 1.165) is 0 Å². The monoisotopic (exact) mass is 161 g/mol. The molecule has 0 aromatic heterocycles. The van der Waals surface area contributed by atoms with Gasteiger partial charge in [-0.15, -0.1) is 0 Å². The number of hydrogen-bond acceptors (Lipinski definition) is 5. The van der Waals surface area contributed by atoms with Crippen LogP contribution in [0.1, 0.15) is 0 Å². The Kier molecular flexibility index (Phi) is 4.55. The van der Waals surface area contributed by atoms with Crippen LogP contribution in [0.3, 0.4) is 0 Å². The second-order valence-corrected chi connectivity index (χ2v) is 2.84. The lowest BCUT2D eigenvalue weighted by Gasteiger charge is -2.33. The topological polar surface area (TPSA) is 25.0 Å². The Morgan fingerprint density at radius 3 is 1.09 bits per heavy atom. The molecule has 0 saturated carbocycles. The molecule has 0 amide bonds. The van der Waals surface area contributed by atoms with Crippen LogP contribution in [-0.4, -0.2) is 62.5 Å². The van der Waals surface area contributed by atoms with Crippen LogP contribution >= 0.6 is 0 Å². The molecule has 0 bridgehead atoms. The Hall–Kier alpha value is -0.200. The predicted octanol–water partition coefficient (Wildman–Crippen LogP) is -0.777. The van der Waals surface area contributed by atoms with E-state index in [9.17, 15) is 0 Å². The van der Waals surface area contributed by atoms with Crippen LogP contribution in [0, 0.1) is 0 Å². The first-order valence-corrected chi connectivity index (χ1v) is 3.53. The van der Waals surface area contributed by atoms with E-state index in [4.69, 9.17) is 0 Å². The molecule has 0 radical (unpaired) electrons. The molecule has 5 nitrogen and oxygen atoms in total. The van der Waals surface area contributed by atoms with Gasteiger partial charge in [0.1, 0.15) is 0 Å². The van der Waals surface area contributed by atoms with Crippen LogP contribution in [0.5, 0.6) is 0 Å². The van der Waals surface area contributed by atoms with Crippen molar-refractivity contribution in [3.8, 4) is 0 Å².